The summed E-state index contributed by atoms with van der Waals surface area (Å²) in [6.45, 7) is 1.00. The summed E-state index contributed by atoms with van der Waals surface area (Å²) in [5.41, 5.74) is 6.56. The van der Waals surface area contributed by atoms with Crippen molar-refractivity contribution >= 4 is 17.2 Å². The average Bonchev–Trinajstić information content (AvgIpc) is 3.44. The molecule has 7 heteroatoms. The first-order valence-electron chi connectivity index (χ1n) is 11.4. The summed E-state index contributed by atoms with van der Waals surface area (Å²) in [5, 5.41) is 1.96. The monoisotopic (exact) mass is 486 g/mol. The number of aromatic nitrogens is 1. The highest BCUT2D eigenvalue weighted by molar-refractivity contribution is 7.07. The van der Waals surface area contributed by atoms with Gasteiger partial charge in [0.25, 0.3) is 5.91 Å². The van der Waals surface area contributed by atoms with E-state index in [4.69, 9.17) is 14.2 Å². The average molecular weight is 487 g/mol. The Morgan fingerprint density at radius 1 is 1.03 bits per heavy atom. The molecule has 1 atom stereocenters. The third kappa shape index (κ3) is 4.72. The Balaban J connectivity index is 1.45. The molecule has 1 aliphatic heterocycles. The molecule has 4 aromatic rings. The first-order chi connectivity index (χ1) is 17.2. The molecule has 0 aliphatic carbocycles. The molecule has 0 fully saturated rings. The van der Waals surface area contributed by atoms with Crippen molar-refractivity contribution < 1.29 is 19.0 Å². The second-order valence-electron chi connectivity index (χ2n) is 8.26. The summed E-state index contributed by atoms with van der Waals surface area (Å²) in [6.07, 6.45) is 0.736. The minimum absolute atomic E-state index is 0.0228. The number of nitrogens with zero attached hydrogens (tertiary/aromatic N) is 2. The van der Waals surface area contributed by atoms with Crippen LogP contribution in [0.25, 0.3) is 0 Å². The maximum absolute atomic E-state index is 13.7. The van der Waals surface area contributed by atoms with E-state index in [1.54, 1.807) is 19.7 Å². The molecule has 0 saturated carbocycles. The molecule has 0 bridgehead atoms. The number of ether oxygens (including phenoxy) is 3. The second-order valence-corrected chi connectivity index (χ2v) is 8.98. The number of carbonyl (C=O) groups excluding carboxylic acids is 1. The van der Waals surface area contributed by atoms with Crippen molar-refractivity contribution in [2.24, 2.45) is 0 Å². The van der Waals surface area contributed by atoms with Gasteiger partial charge in [0.15, 0.2) is 11.5 Å². The number of carbonyl (C=O) groups is 1. The third-order valence-electron chi connectivity index (χ3n) is 6.22. The molecule has 178 valence electrons. The molecule has 0 N–H and O–H groups in total. The van der Waals surface area contributed by atoms with E-state index in [1.165, 1.54) is 11.3 Å². The number of rotatable bonds is 7. The van der Waals surface area contributed by atoms with Crippen molar-refractivity contribution in [3.63, 3.8) is 0 Å². The molecule has 1 aromatic heterocycles. The van der Waals surface area contributed by atoms with Crippen LogP contribution in [0.1, 0.15) is 38.8 Å². The molecular weight excluding hydrogens is 460 g/mol. The molecule has 2 heterocycles. The lowest BCUT2D eigenvalue weighted by molar-refractivity contribution is 0.0694. The number of amides is 1. The molecule has 3 aromatic carbocycles. The number of fused-ring (bicyclic) bond motifs is 1. The van der Waals surface area contributed by atoms with Gasteiger partial charge in [-0.2, -0.15) is 0 Å². The second kappa shape index (κ2) is 10.2. The molecule has 5 rings (SSSR count). The maximum atomic E-state index is 13.7. The molecule has 0 spiro atoms. The van der Waals surface area contributed by atoms with E-state index in [9.17, 15) is 4.79 Å². The van der Waals surface area contributed by atoms with Crippen LogP contribution in [-0.4, -0.2) is 36.6 Å². The summed E-state index contributed by atoms with van der Waals surface area (Å²) in [7, 11) is 3.27. The predicted octanol–water partition coefficient (Wildman–Crippen LogP) is 5.53. The summed E-state index contributed by atoms with van der Waals surface area (Å²) in [5.74, 6) is 2.04. The number of thiazole rings is 1. The Kier molecular flexibility index (Phi) is 6.68. The van der Waals surface area contributed by atoms with Gasteiger partial charge in [-0.3, -0.25) is 4.79 Å². The van der Waals surface area contributed by atoms with E-state index in [1.807, 2.05) is 64.9 Å². The molecule has 1 aliphatic rings. The molecule has 0 radical (unpaired) electrons. The third-order valence-corrected chi connectivity index (χ3v) is 6.86. The Bertz CT molecular complexity index is 1290. The molecule has 1 unspecified atom stereocenters. The Morgan fingerprint density at radius 3 is 2.46 bits per heavy atom. The molecule has 6 nitrogen and oxygen atoms in total. The van der Waals surface area contributed by atoms with E-state index in [0.29, 0.717) is 36.0 Å². The predicted molar refractivity (Wildman–Crippen MR) is 135 cm³/mol. The standard InChI is InChI=1S/C28H26N2O4S/c1-32-25-14-21-12-13-30(27(19-6-4-3-5-7-19)24(21)15-26(25)33-2)28(31)20-8-10-23(11-9-20)34-16-22-17-35-18-29-22/h3-11,14-15,17-18,27H,12-13,16H2,1-2H3. The lowest BCUT2D eigenvalue weighted by atomic mass is 9.87. The first kappa shape index (κ1) is 22.9. The fourth-order valence-corrected chi connectivity index (χ4v) is 5.03. The summed E-state index contributed by atoms with van der Waals surface area (Å²) in [4.78, 5) is 19.9. The van der Waals surface area contributed by atoms with E-state index in [-0.39, 0.29) is 11.9 Å². The highest BCUT2D eigenvalue weighted by Gasteiger charge is 2.33. The number of hydrogen-bond acceptors (Lipinski definition) is 6. The molecule has 1 amide bonds. The van der Waals surface area contributed by atoms with Crippen LogP contribution in [0.3, 0.4) is 0 Å². The van der Waals surface area contributed by atoms with Gasteiger partial charge in [-0.1, -0.05) is 30.3 Å². The van der Waals surface area contributed by atoms with Crippen molar-refractivity contribution in [1.29, 1.82) is 0 Å². The van der Waals surface area contributed by atoms with Gasteiger partial charge in [-0.15, -0.1) is 11.3 Å². The lowest BCUT2D eigenvalue weighted by Gasteiger charge is -2.38. The zero-order chi connectivity index (χ0) is 24.2. The van der Waals surface area contributed by atoms with Gasteiger partial charge in [0, 0.05) is 17.5 Å². The van der Waals surface area contributed by atoms with Crippen LogP contribution in [0.2, 0.25) is 0 Å². The van der Waals surface area contributed by atoms with Crippen molar-refractivity contribution in [3.8, 4) is 17.2 Å². The van der Waals surface area contributed by atoms with Crippen molar-refractivity contribution in [1.82, 2.24) is 9.88 Å². The zero-order valence-corrected chi connectivity index (χ0v) is 20.5. The SMILES string of the molecule is COc1cc2c(cc1OC)C(c1ccccc1)N(C(=O)c1ccc(OCc3cscn3)cc1)CC2. The first-order valence-corrected chi connectivity index (χ1v) is 12.3. The molecule has 0 saturated heterocycles. The van der Waals surface area contributed by atoms with Gasteiger partial charge < -0.3 is 19.1 Å². The van der Waals surface area contributed by atoms with Gasteiger partial charge in [0.05, 0.1) is 31.5 Å². The smallest absolute Gasteiger partial charge is 0.254 e. The zero-order valence-electron chi connectivity index (χ0n) is 19.6. The summed E-state index contributed by atoms with van der Waals surface area (Å²) >= 11 is 1.54. The van der Waals surface area contributed by atoms with Gasteiger partial charge in [-0.25, -0.2) is 4.98 Å². The van der Waals surface area contributed by atoms with Gasteiger partial charge in [0.2, 0.25) is 0 Å². The van der Waals surface area contributed by atoms with Crippen molar-refractivity contribution in [2.75, 3.05) is 20.8 Å². The highest BCUT2D eigenvalue weighted by Crippen LogP contribution is 2.41. The van der Waals surface area contributed by atoms with Crippen LogP contribution in [0.15, 0.2) is 77.6 Å². The van der Waals surface area contributed by atoms with Crippen LogP contribution >= 0.6 is 11.3 Å². The Hall–Kier alpha value is -3.84. The maximum Gasteiger partial charge on any atom is 0.254 e. The quantitative estimate of drug-likeness (QED) is 0.344. The van der Waals surface area contributed by atoms with E-state index >= 15 is 0 Å². The van der Waals surface area contributed by atoms with Gasteiger partial charge >= 0.3 is 0 Å². The topological polar surface area (TPSA) is 60.9 Å². The molecular formula is C28H26N2O4S. The normalized spacial score (nSPS) is 14.8. The number of methoxy groups -OCH3 is 2. The van der Waals surface area contributed by atoms with Crippen molar-refractivity contribution in [3.05, 3.63) is 106 Å². The van der Waals surface area contributed by atoms with E-state index in [0.717, 1.165) is 28.8 Å². The van der Waals surface area contributed by atoms with Gasteiger partial charge in [0.1, 0.15) is 12.4 Å². The van der Waals surface area contributed by atoms with Crippen LogP contribution < -0.4 is 14.2 Å². The largest absolute Gasteiger partial charge is 0.493 e. The minimum Gasteiger partial charge on any atom is -0.493 e. The van der Waals surface area contributed by atoms with Crippen LogP contribution in [-0.2, 0) is 13.0 Å². The lowest BCUT2D eigenvalue weighted by Crippen LogP contribution is -2.40. The van der Waals surface area contributed by atoms with Crippen LogP contribution in [0, 0.1) is 0 Å². The van der Waals surface area contributed by atoms with Crippen LogP contribution in [0.4, 0.5) is 0 Å². The number of hydrogen-bond donors (Lipinski definition) is 0. The fourth-order valence-electron chi connectivity index (χ4n) is 4.49. The van der Waals surface area contributed by atoms with E-state index < -0.39 is 0 Å². The Morgan fingerprint density at radius 2 is 1.77 bits per heavy atom. The minimum atomic E-state index is -0.229. The Labute approximate surface area is 208 Å². The molecule has 35 heavy (non-hydrogen) atoms. The van der Waals surface area contributed by atoms with Gasteiger partial charge in [-0.05, 0) is 59.5 Å². The summed E-state index contributed by atoms with van der Waals surface area (Å²) in [6, 6.07) is 21.2. The fraction of sp³-hybridized carbons (Fsp3) is 0.214. The van der Waals surface area contributed by atoms with Crippen molar-refractivity contribution in [2.45, 2.75) is 19.1 Å². The summed E-state index contributed by atoms with van der Waals surface area (Å²) < 4.78 is 16.9. The van der Waals surface area contributed by atoms with E-state index in [2.05, 4.69) is 17.1 Å². The van der Waals surface area contributed by atoms with Crippen LogP contribution in [0.5, 0.6) is 17.2 Å². The number of benzene rings is 3. The highest BCUT2D eigenvalue weighted by atomic mass is 32.1.